The lowest BCUT2D eigenvalue weighted by atomic mass is 10.1. The normalized spacial score (nSPS) is 20.5. The van der Waals surface area contributed by atoms with Gasteiger partial charge in [-0.1, -0.05) is 35.0 Å². The second-order valence-corrected chi connectivity index (χ2v) is 5.99. The summed E-state index contributed by atoms with van der Waals surface area (Å²) < 4.78 is 1.19. The van der Waals surface area contributed by atoms with Crippen molar-refractivity contribution >= 4 is 15.9 Å². The molecule has 2 nitrogen and oxygen atoms in total. The van der Waals surface area contributed by atoms with Crippen molar-refractivity contribution in [1.29, 1.82) is 0 Å². The number of hydrogen-bond acceptors (Lipinski definition) is 2. The second kappa shape index (κ2) is 6.69. The van der Waals surface area contributed by atoms with Gasteiger partial charge in [-0.05, 0) is 50.0 Å². The van der Waals surface area contributed by atoms with Crippen LogP contribution in [0.25, 0.3) is 0 Å². The van der Waals surface area contributed by atoms with Crippen LogP contribution in [-0.4, -0.2) is 30.6 Å². The molecule has 1 atom stereocenters. The monoisotopic (exact) mass is 310 g/mol. The Hall–Kier alpha value is -0.380. The summed E-state index contributed by atoms with van der Waals surface area (Å²) in [5.41, 5.74) is 2.68. The number of hydrogen-bond donors (Lipinski definition) is 1. The molecule has 3 heteroatoms. The number of rotatable bonds is 5. The first-order chi connectivity index (χ1) is 8.70. The molecule has 100 valence electrons. The maximum atomic E-state index is 3.60. The Labute approximate surface area is 119 Å². The molecule has 1 aliphatic heterocycles. The number of aryl methyl sites for hydroxylation is 1. The van der Waals surface area contributed by atoms with Gasteiger partial charge >= 0.3 is 0 Å². The highest BCUT2D eigenvalue weighted by atomic mass is 79.9. The van der Waals surface area contributed by atoms with Crippen LogP contribution in [0.3, 0.4) is 0 Å². The minimum absolute atomic E-state index is 0.742. The lowest BCUT2D eigenvalue weighted by molar-refractivity contribution is 0.260. The summed E-state index contributed by atoms with van der Waals surface area (Å²) in [6.45, 7) is 8.95. The van der Waals surface area contributed by atoms with Crippen molar-refractivity contribution in [3.63, 3.8) is 0 Å². The highest BCUT2D eigenvalue weighted by Gasteiger charge is 2.21. The van der Waals surface area contributed by atoms with Gasteiger partial charge in [-0.2, -0.15) is 0 Å². The maximum absolute atomic E-state index is 3.60. The fourth-order valence-corrected chi connectivity index (χ4v) is 2.99. The van der Waals surface area contributed by atoms with Crippen LogP contribution in [0.1, 0.15) is 30.9 Å². The topological polar surface area (TPSA) is 15.3 Å². The van der Waals surface area contributed by atoms with E-state index in [0.717, 1.165) is 19.1 Å². The third kappa shape index (κ3) is 3.56. The van der Waals surface area contributed by atoms with Gasteiger partial charge in [-0.3, -0.25) is 4.90 Å². The molecule has 0 aliphatic carbocycles. The minimum Gasteiger partial charge on any atom is -0.311 e. The molecule has 0 radical (unpaired) electrons. The van der Waals surface area contributed by atoms with Crippen LogP contribution in [0.15, 0.2) is 22.7 Å². The molecule has 0 bridgehead atoms. The first-order valence-electron chi connectivity index (χ1n) is 6.90. The van der Waals surface area contributed by atoms with Crippen LogP contribution >= 0.6 is 15.9 Å². The number of halogens is 1. The van der Waals surface area contributed by atoms with Gasteiger partial charge in [0.15, 0.2) is 0 Å². The molecule has 1 aromatic carbocycles. The number of likely N-dealkylation sites (N-methyl/N-ethyl adjacent to an activating group) is 1. The Morgan fingerprint density at radius 3 is 3.00 bits per heavy atom. The molecule has 1 heterocycles. The van der Waals surface area contributed by atoms with Crippen LogP contribution in [0, 0.1) is 6.92 Å². The number of nitrogens with zero attached hydrogens (tertiary/aromatic N) is 1. The van der Waals surface area contributed by atoms with E-state index in [2.05, 4.69) is 58.2 Å². The lowest BCUT2D eigenvalue weighted by Gasteiger charge is -2.23. The van der Waals surface area contributed by atoms with Crippen LogP contribution in [-0.2, 0) is 6.54 Å². The van der Waals surface area contributed by atoms with Gasteiger partial charge in [0.25, 0.3) is 0 Å². The molecule has 0 spiro atoms. The summed E-state index contributed by atoms with van der Waals surface area (Å²) in [6, 6.07) is 7.33. The maximum Gasteiger partial charge on any atom is 0.0221 e. The zero-order valence-corrected chi connectivity index (χ0v) is 13.0. The van der Waals surface area contributed by atoms with Gasteiger partial charge in [0.2, 0.25) is 0 Å². The zero-order valence-electron chi connectivity index (χ0n) is 11.4. The van der Waals surface area contributed by atoms with E-state index < -0.39 is 0 Å². The molecule has 2 rings (SSSR count). The molecular formula is C15H23BrN2. The Morgan fingerprint density at radius 2 is 2.28 bits per heavy atom. The molecular weight excluding hydrogens is 288 g/mol. The standard InChI is InChI=1S/C15H23BrN2/c1-3-18-8-4-5-14(18)11-17-10-13-6-7-15(16)12(2)9-13/h6-7,9,14,17H,3-5,8,10-11H2,1-2H3. The predicted octanol–water partition coefficient (Wildman–Crippen LogP) is 3.33. The molecule has 1 aliphatic rings. The predicted molar refractivity (Wildman–Crippen MR) is 80.9 cm³/mol. The average Bonchev–Trinajstić information content (AvgIpc) is 2.81. The summed E-state index contributed by atoms with van der Waals surface area (Å²) >= 11 is 3.54. The van der Waals surface area contributed by atoms with Crippen molar-refractivity contribution in [2.75, 3.05) is 19.6 Å². The number of nitrogens with one attached hydrogen (secondary N) is 1. The molecule has 1 aromatic rings. The van der Waals surface area contributed by atoms with Gasteiger partial charge in [-0.25, -0.2) is 0 Å². The molecule has 0 amide bonds. The SMILES string of the molecule is CCN1CCCC1CNCc1ccc(Br)c(C)c1. The van der Waals surface area contributed by atoms with Crippen molar-refractivity contribution < 1.29 is 0 Å². The number of likely N-dealkylation sites (tertiary alicyclic amines) is 1. The van der Waals surface area contributed by atoms with Crippen molar-refractivity contribution in [1.82, 2.24) is 10.2 Å². The summed E-state index contributed by atoms with van der Waals surface area (Å²) in [5, 5.41) is 3.60. The van der Waals surface area contributed by atoms with Crippen LogP contribution in [0.5, 0.6) is 0 Å². The molecule has 1 fully saturated rings. The smallest absolute Gasteiger partial charge is 0.0221 e. The van der Waals surface area contributed by atoms with E-state index in [9.17, 15) is 0 Å². The molecule has 18 heavy (non-hydrogen) atoms. The van der Waals surface area contributed by atoms with Gasteiger partial charge in [0.05, 0.1) is 0 Å². The molecule has 1 N–H and O–H groups in total. The molecule has 1 unspecified atom stereocenters. The Balaban J connectivity index is 1.79. The Bertz CT molecular complexity index is 392. The van der Waals surface area contributed by atoms with E-state index in [1.54, 1.807) is 0 Å². The highest BCUT2D eigenvalue weighted by molar-refractivity contribution is 9.10. The van der Waals surface area contributed by atoms with Crippen molar-refractivity contribution in [3.8, 4) is 0 Å². The van der Waals surface area contributed by atoms with Crippen LogP contribution in [0.2, 0.25) is 0 Å². The fourth-order valence-electron chi connectivity index (χ4n) is 2.74. The zero-order chi connectivity index (χ0) is 13.0. The van der Waals surface area contributed by atoms with Crippen molar-refractivity contribution in [3.05, 3.63) is 33.8 Å². The molecule has 0 aromatic heterocycles. The van der Waals surface area contributed by atoms with E-state index in [4.69, 9.17) is 0 Å². The van der Waals surface area contributed by atoms with Gasteiger partial charge in [0.1, 0.15) is 0 Å². The Kier molecular flexibility index (Phi) is 5.22. The Morgan fingerprint density at radius 1 is 1.44 bits per heavy atom. The number of benzene rings is 1. The quantitative estimate of drug-likeness (QED) is 0.897. The second-order valence-electron chi connectivity index (χ2n) is 5.14. The van der Waals surface area contributed by atoms with Gasteiger partial charge in [0, 0.05) is 23.6 Å². The first-order valence-corrected chi connectivity index (χ1v) is 7.69. The van der Waals surface area contributed by atoms with E-state index in [1.165, 1.54) is 41.5 Å². The van der Waals surface area contributed by atoms with E-state index in [-0.39, 0.29) is 0 Å². The molecule has 0 saturated carbocycles. The fraction of sp³-hybridized carbons (Fsp3) is 0.600. The highest BCUT2D eigenvalue weighted by Crippen LogP contribution is 2.18. The van der Waals surface area contributed by atoms with Crippen LogP contribution < -0.4 is 5.32 Å². The summed E-state index contributed by atoms with van der Waals surface area (Å²) in [4.78, 5) is 2.58. The van der Waals surface area contributed by atoms with E-state index in [0.29, 0.717) is 0 Å². The van der Waals surface area contributed by atoms with Gasteiger partial charge in [-0.15, -0.1) is 0 Å². The van der Waals surface area contributed by atoms with Crippen LogP contribution in [0.4, 0.5) is 0 Å². The summed E-state index contributed by atoms with van der Waals surface area (Å²) in [7, 11) is 0. The van der Waals surface area contributed by atoms with Crippen molar-refractivity contribution in [2.24, 2.45) is 0 Å². The summed E-state index contributed by atoms with van der Waals surface area (Å²) in [5.74, 6) is 0. The average molecular weight is 311 g/mol. The lowest BCUT2D eigenvalue weighted by Crippen LogP contribution is -2.37. The van der Waals surface area contributed by atoms with Gasteiger partial charge < -0.3 is 5.32 Å². The summed E-state index contributed by atoms with van der Waals surface area (Å²) in [6.07, 6.45) is 2.71. The largest absolute Gasteiger partial charge is 0.311 e. The molecule has 1 saturated heterocycles. The first kappa shape index (κ1) is 14.0. The minimum atomic E-state index is 0.742. The van der Waals surface area contributed by atoms with E-state index >= 15 is 0 Å². The van der Waals surface area contributed by atoms with E-state index in [1.807, 2.05) is 0 Å². The third-order valence-electron chi connectivity index (χ3n) is 3.84. The third-order valence-corrected chi connectivity index (χ3v) is 4.73. The van der Waals surface area contributed by atoms with Crippen molar-refractivity contribution in [2.45, 2.75) is 39.3 Å².